The standard InChI is InChI=1S/C8H13N/c1-3-7-4-6(2)8(9)5-7/h3,8H,2,4-5,9H2,1H3/b7-3+. The van der Waals surface area contributed by atoms with Crippen molar-refractivity contribution < 1.29 is 0 Å². The second kappa shape index (κ2) is 2.36. The van der Waals surface area contributed by atoms with E-state index in [9.17, 15) is 0 Å². The molecule has 1 rings (SSSR count). The summed E-state index contributed by atoms with van der Waals surface area (Å²) in [6.07, 6.45) is 4.19. The van der Waals surface area contributed by atoms with Gasteiger partial charge in [-0.15, -0.1) is 0 Å². The van der Waals surface area contributed by atoms with Gasteiger partial charge in [0.15, 0.2) is 0 Å². The van der Waals surface area contributed by atoms with Gasteiger partial charge in [0.2, 0.25) is 0 Å². The summed E-state index contributed by atoms with van der Waals surface area (Å²) in [5.41, 5.74) is 8.32. The molecule has 0 aromatic carbocycles. The Morgan fingerprint density at radius 3 is 2.67 bits per heavy atom. The normalized spacial score (nSPS) is 32.0. The van der Waals surface area contributed by atoms with Crippen molar-refractivity contribution >= 4 is 0 Å². The summed E-state index contributed by atoms with van der Waals surface area (Å²) in [4.78, 5) is 0. The minimum Gasteiger partial charge on any atom is -0.324 e. The lowest BCUT2D eigenvalue weighted by atomic mass is 10.2. The molecule has 9 heavy (non-hydrogen) atoms. The highest BCUT2D eigenvalue weighted by Crippen LogP contribution is 2.26. The zero-order chi connectivity index (χ0) is 6.85. The molecule has 0 radical (unpaired) electrons. The molecular formula is C8H13N. The molecule has 1 atom stereocenters. The van der Waals surface area contributed by atoms with Gasteiger partial charge < -0.3 is 5.73 Å². The van der Waals surface area contributed by atoms with E-state index >= 15 is 0 Å². The Kier molecular flexibility index (Phi) is 1.72. The minimum atomic E-state index is 0.233. The molecule has 1 unspecified atom stereocenters. The fourth-order valence-electron chi connectivity index (χ4n) is 1.14. The minimum absolute atomic E-state index is 0.233. The largest absolute Gasteiger partial charge is 0.324 e. The van der Waals surface area contributed by atoms with Crippen molar-refractivity contribution in [3.63, 3.8) is 0 Å². The van der Waals surface area contributed by atoms with Crippen LogP contribution in [0.25, 0.3) is 0 Å². The van der Waals surface area contributed by atoms with Crippen molar-refractivity contribution in [3.05, 3.63) is 23.8 Å². The third-order valence-corrected chi connectivity index (χ3v) is 1.87. The zero-order valence-corrected chi connectivity index (χ0v) is 5.85. The lowest BCUT2D eigenvalue weighted by molar-refractivity contribution is 0.832. The summed E-state index contributed by atoms with van der Waals surface area (Å²) >= 11 is 0. The van der Waals surface area contributed by atoms with Gasteiger partial charge in [-0.3, -0.25) is 0 Å². The first-order chi connectivity index (χ1) is 4.24. The Labute approximate surface area is 56.2 Å². The van der Waals surface area contributed by atoms with E-state index in [1.54, 1.807) is 0 Å². The molecular weight excluding hydrogens is 110 g/mol. The maximum atomic E-state index is 5.70. The molecule has 0 heterocycles. The van der Waals surface area contributed by atoms with Crippen molar-refractivity contribution in [3.8, 4) is 0 Å². The number of allylic oxidation sites excluding steroid dienone is 1. The first-order valence-corrected chi connectivity index (χ1v) is 3.31. The van der Waals surface area contributed by atoms with Crippen LogP contribution in [0.1, 0.15) is 19.8 Å². The molecule has 1 aliphatic carbocycles. The summed E-state index contributed by atoms with van der Waals surface area (Å²) < 4.78 is 0. The van der Waals surface area contributed by atoms with Crippen LogP contribution in [0, 0.1) is 0 Å². The van der Waals surface area contributed by atoms with Crippen LogP contribution in [-0.2, 0) is 0 Å². The Hall–Kier alpha value is -0.560. The van der Waals surface area contributed by atoms with Gasteiger partial charge in [0.25, 0.3) is 0 Å². The highest BCUT2D eigenvalue weighted by Gasteiger charge is 2.17. The van der Waals surface area contributed by atoms with E-state index in [0.717, 1.165) is 12.8 Å². The summed E-state index contributed by atoms with van der Waals surface area (Å²) in [5.74, 6) is 0. The Balaban J connectivity index is 2.65. The molecule has 0 aromatic heterocycles. The van der Waals surface area contributed by atoms with E-state index in [2.05, 4.69) is 19.6 Å². The smallest absolute Gasteiger partial charge is 0.0291 e. The fraction of sp³-hybridized carbons (Fsp3) is 0.500. The van der Waals surface area contributed by atoms with Crippen LogP contribution in [0.2, 0.25) is 0 Å². The van der Waals surface area contributed by atoms with E-state index in [1.165, 1.54) is 11.1 Å². The van der Waals surface area contributed by atoms with Crippen molar-refractivity contribution in [2.45, 2.75) is 25.8 Å². The fourth-order valence-corrected chi connectivity index (χ4v) is 1.14. The van der Waals surface area contributed by atoms with Crippen LogP contribution in [-0.4, -0.2) is 6.04 Å². The highest BCUT2D eigenvalue weighted by molar-refractivity contribution is 5.26. The number of hydrogen-bond donors (Lipinski definition) is 1. The van der Waals surface area contributed by atoms with Crippen molar-refractivity contribution in [1.29, 1.82) is 0 Å². The van der Waals surface area contributed by atoms with Gasteiger partial charge in [-0.2, -0.15) is 0 Å². The second-order valence-electron chi connectivity index (χ2n) is 2.59. The summed E-state index contributed by atoms with van der Waals surface area (Å²) in [5, 5.41) is 0. The van der Waals surface area contributed by atoms with E-state index < -0.39 is 0 Å². The second-order valence-corrected chi connectivity index (χ2v) is 2.59. The summed E-state index contributed by atoms with van der Waals surface area (Å²) in [6.45, 7) is 5.92. The Morgan fingerprint density at radius 2 is 2.44 bits per heavy atom. The molecule has 1 aliphatic rings. The molecule has 0 spiro atoms. The molecule has 0 aliphatic heterocycles. The predicted molar refractivity (Wildman–Crippen MR) is 40.1 cm³/mol. The molecule has 0 amide bonds. The maximum absolute atomic E-state index is 5.70. The molecule has 0 saturated heterocycles. The van der Waals surface area contributed by atoms with Crippen LogP contribution in [0.4, 0.5) is 0 Å². The molecule has 1 saturated carbocycles. The molecule has 2 N–H and O–H groups in total. The van der Waals surface area contributed by atoms with Crippen LogP contribution < -0.4 is 5.73 Å². The molecule has 1 nitrogen and oxygen atoms in total. The number of rotatable bonds is 0. The van der Waals surface area contributed by atoms with Gasteiger partial charge in [-0.1, -0.05) is 23.8 Å². The van der Waals surface area contributed by atoms with Gasteiger partial charge in [0, 0.05) is 6.04 Å². The van der Waals surface area contributed by atoms with Crippen LogP contribution >= 0.6 is 0 Å². The van der Waals surface area contributed by atoms with E-state index in [0.29, 0.717) is 0 Å². The first kappa shape index (κ1) is 6.56. The summed E-state index contributed by atoms with van der Waals surface area (Å²) in [6, 6.07) is 0.233. The predicted octanol–water partition coefficient (Wildman–Crippen LogP) is 1.61. The topological polar surface area (TPSA) is 26.0 Å². The van der Waals surface area contributed by atoms with Gasteiger partial charge in [-0.25, -0.2) is 0 Å². The van der Waals surface area contributed by atoms with E-state index in [1.807, 2.05) is 0 Å². The van der Waals surface area contributed by atoms with Crippen molar-refractivity contribution in [1.82, 2.24) is 0 Å². The van der Waals surface area contributed by atoms with Crippen molar-refractivity contribution in [2.75, 3.05) is 0 Å². The monoisotopic (exact) mass is 123 g/mol. The first-order valence-electron chi connectivity index (χ1n) is 3.31. The van der Waals surface area contributed by atoms with Crippen LogP contribution in [0.3, 0.4) is 0 Å². The molecule has 1 fully saturated rings. The molecule has 50 valence electrons. The SMILES string of the molecule is C=C1C/C(=C\C)CC1N. The van der Waals surface area contributed by atoms with Crippen molar-refractivity contribution in [2.24, 2.45) is 5.73 Å². The number of hydrogen-bond acceptors (Lipinski definition) is 1. The lowest BCUT2D eigenvalue weighted by Crippen LogP contribution is -2.15. The lowest BCUT2D eigenvalue weighted by Gasteiger charge is -1.97. The van der Waals surface area contributed by atoms with Crippen LogP contribution in [0.5, 0.6) is 0 Å². The van der Waals surface area contributed by atoms with E-state index in [-0.39, 0.29) is 6.04 Å². The molecule has 1 heteroatoms. The Morgan fingerprint density at radius 1 is 1.78 bits per heavy atom. The van der Waals surface area contributed by atoms with Crippen LogP contribution in [0.15, 0.2) is 23.8 Å². The van der Waals surface area contributed by atoms with Gasteiger partial charge >= 0.3 is 0 Å². The Bertz CT molecular complexity index is 156. The quantitative estimate of drug-likeness (QED) is 0.486. The third-order valence-electron chi connectivity index (χ3n) is 1.87. The average molecular weight is 123 g/mol. The number of nitrogens with two attached hydrogens (primary N) is 1. The van der Waals surface area contributed by atoms with E-state index in [4.69, 9.17) is 5.73 Å². The van der Waals surface area contributed by atoms with Gasteiger partial charge in [0.05, 0.1) is 0 Å². The summed E-state index contributed by atoms with van der Waals surface area (Å²) in [7, 11) is 0. The van der Waals surface area contributed by atoms with Gasteiger partial charge in [0.1, 0.15) is 0 Å². The zero-order valence-electron chi connectivity index (χ0n) is 5.85. The highest BCUT2D eigenvalue weighted by atomic mass is 14.6. The third kappa shape index (κ3) is 1.22. The average Bonchev–Trinajstić information content (AvgIpc) is 2.13. The molecule has 0 bridgehead atoms. The van der Waals surface area contributed by atoms with Gasteiger partial charge in [-0.05, 0) is 19.8 Å². The molecule has 0 aromatic rings. The maximum Gasteiger partial charge on any atom is 0.0291 e.